The van der Waals surface area contributed by atoms with Crippen LogP contribution in [0.5, 0.6) is 0 Å². The van der Waals surface area contributed by atoms with Crippen molar-refractivity contribution in [3.05, 3.63) is 27.7 Å². The van der Waals surface area contributed by atoms with Gasteiger partial charge in [-0.1, -0.05) is 36.2 Å². The van der Waals surface area contributed by atoms with Crippen LogP contribution in [0.15, 0.2) is 16.6 Å². The molecule has 0 heterocycles. The number of aryl methyl sites for hydroxylation is 2. The first kappa shape index (κ1) is 14.9. The molecule has 2 heteroatoms. The molecule has 2 rings (SSSR count). The van der Waals surface area contributed by atoms with Gasteiger partial charge in [-0.05, 0) is 68.2 Å². The van der Waals surface area contributed by atoms with Crippen LogP contribution in [-0.2, 0) is 0 Å². The van der Waals surface area contributed by atoms with Crippen LogP contribution < -0.4 is 5.32 Å². The van der Waals surface area contributed by atoms with Crippen molar-refractivity contribution in [3.8, 4) is 0 Å². The Morgan fingerprint density at radius 2 is 1.74 bits per heavy atom. The summed E-state index contributed by atoms with van der Waals surface area (Å²) in [7, 11) is 0. The molecule has 1 aromatic rings. The molecule has 1 saturated carbocycles. The lowest BCUT2D eigenvalue weighted by atomic mass is 9.85. The van der Waals surface area contributed by atoms with E-state index in [4.69, 9.17) is 0 Å². The lowest BCUT2D eigenvalue weighted by Crippen LogP contribution is -2.19. The molecule has 1 N–H and O–H groups in total. The van der Waals surface area contributed by atoms with Gasteiger partial charge in [-0.2, -0.15) is 0 Å². The van der Waals surface area contributed by atoms with E-state index in [0.717, 1.165) is 0 Å². The number of nitrogens with one attached hydrogen (secondary N) is 1. The maximum atomic E-state index is 3.75. The van der Waals surface area contributed by atoms with Gasteiger partial charge >= 0.3 is 0 Å². The number of benzene rings is 1. The van der Waals surface area contributed by atoms with Gasteiger partial charge in [0.15, 0.2) is 0 Å². The second-order valence-electron chi connectivity index (χ2n) is 6.86. The fourth-order valence-corrected chi connectivity index (χ4v) is 3.30. The number of halogens is 1. The van der Waals surface area contributed by atoms with Crippen molar-refractivity contribution in [1.82, 2.24) is 0 Å². The highest BCUT2D eigenvalue weighted by Gasteiger charge is 2.24. The quantitative estimate of drug-likeness (QED) is 0.674. The van der Waals surface area contributed by atoms with Crippen LogP contribution >= 0.6 is 15.9 Å². The maximum absolute atomic E-state index is 3.75. The van der Waals surface area contributed by atoms with Crippen molar-refractivity contribution in [3.63, 3.8) is 0 Å². The Morgan fingerprint density at radius 3 is 2.37 bits per heavy atom. The number of rotatable bonds is 2. The van der Waals surface area contributed by atoms with Crippen LogP contribution in [0.4, 0.5) is 5.69 Å². The van der Waals surface area contributed by atoms with Gasteiger partial charge in [0.25, 0.3) is 0 Å². The molecule has 106 valence electrons. The molecule has 0 aliphatic heterocycles. The Kier molecular flexibility index (Phi) is 4.60. The molecule has 0 bridgehead atoms. The van der Waals surface area contributed by atoms with Crippen molar-refractivity contribution in [1.29, 1.82) is 0 Å². The van der Waals surface area contributed by atoms with E-state index < -0.39 is 0 Å². The van der Waals surface area contributed by atoms with Gasteiger partial charge < -0.3 is 5.32 Å². The lowest BCUT2D eigenvalue weighted by molar-refractivity contribution is 0.313. The summed E-state index contributed by atoms with van der Waals surface area (Å²) in [6.45, 7) is 9.14. The zero-order chi connectivity index (χ0) is 14.0. The molecule has 1 fully saturated rings. The van der Waals surface area contributed by atoms with Crippen LogP contribution in [0.3, 0.4) is 0 Å². The van der Waals surface area contributed by atoms with Gasteiger partial charge in [0.05, 0.1) is 0 Å². The first-order valence-electron chi connectivity index (χ1n) is 7.41. The van der Waals surface area contributed by atoms with Gasteiger partial charge in [0.1, 0.15) is 0 Å². The van der Waals surface area contributed by atoms with Crippen LogP contribution in [-0.4, -0.2) is 6.04 Å². The average Bonchev–Trinajstić information content (AvgIpc) is 2.48. The number of hydrogen-bond donors (Lipinski definition) is 1. The van der Waals surface area contributed by atoms with Gasteiger partial charge in [-0.3, -0.25) is 0 Å². The molecular formula is C17H26BrN. The summed E-state index contributed by atoms with van der Waals surface area (Å²) in [6.07, 6.45) is 6.64. The Bertz CT molecular complexity index is 428. The zero-order valence-corrected chi connectivity index (χ0v) is 14.2. The normalized spacial score (nSPS) is 22.9. The molecule has 0 saturated heterocycles. The first-order valence-corrected chi connectivity index (χ1v) is 8.20. The Labute approximate surface area is 126 Å². The van der Waals surface area contributed by atoms with Crippen LogP contribution in [0.25, 0.3) is 0 Å². The van der Waals surface area contributed by atoms with Gasteiger partial charge in [0, 0.05) is 16.2 Å². The monoisotopic (exact) mass is 323 g/mol. The highest BCUT2D eigenvalue weighted by Crippen LogP contribution is 2.35. The third kappa shape index (κ3) is 3.98. The summed E-state index contributed by atoms with van der Waals surface area (Å²) < 4.78 is 1.24. The van der Waals surface area contributed by atoms with Crippen molar-refractivity contribution >= 4 is 21.6 Å². The highest BCUT2D eigenvalue weighted by molar-refractivity contribution is 9.10. The second kappa shape index (κ2) is 5.87. The Hall–Kier alpha value is -0.500. The molecule has 1 aliphatic rings. The Morgan fingerprint density at radius 1 is 1.11 bits per heavy atom. The van der Waals surface area contributed by atoms with Crippen molar-refractivity contribution in [2.45, 2.75) is 65.8 Å². The molecule has 1 atom stereocenters. The van der Waals surface area contributed by atoms with Crippen molar-refractivity contribution in [2.24, 2.45) is 5.41 Å². The molecule has 1 unspecified atom stereocenters. The highest BCUT2D eigenvalue weighted by atomic mass is 79.9. The fraction of sp³-hybridized carbons (Fsp3) is 0.647. The average molecular weight is 324 g/mol. The summed E-state index contributed by atoms with van der Waals surface area (Å²) in [4.78, 5) is 0. The predicted molar refractivity (Wildman–Crippen MR) is 87.9 cm³/mol. The first-order chi connectivity index (χ1) is 8.87. The summed E-state index contributed by atoms with van der Waals surface area (Å²) in [6, 6.07) is 5.15. The minimum absolute atomic E-state index is 0.530. The SMILES string of the molecule is Cc1cc(NC2CCCC(C)(C)CC2)cc(C)c1Br. The fourth-order valence-electron chi connectivity index (χ4n) is 3.07. The third-order valence-electron chi connectivity index (χ3n) is 4.38. The molecule has 0 amide bonds. The molecule has 1 aliphatic carbocycles. The molecule has 1 aromatic carbocycles. The minimum atomic E-state index is 0.530. The van der Waals surface area contributed by atoms with E-state index >= 15 is 0 Å². The van der Waals surface area contributed by atoms with E-state index in [1.807, 2.05) is 0 Å². The molecule has 1 nitrogen and oxygen atoms in total. The maximum Gasteiger partial charge on any atom is 0.0348 e. The molecular weight excluding hydrogens is 298 g/mol. The summed E-state index contributed by atoms with van der Waals surface area (Å²) in [5, 5.41) is 3.75. The Balaban J connectivity index is 2.05. The molecule has 0 radical (unpaired) electrons. The number of hydrogen-bond acceptors (Lipinski definition) is 1. The molecule has 19 heavy (non-hydrogen) atoms. The van der Waals surface area contributed by atoms with E-state index in [9.17, 15) is 0 Å². The van der Waals surface area contributed by atoms with Crippen molar-refractivity contribution in [2.75, 3.05) is 5.32 Å². The summed E-state index contributed by atoms with van der Waals surface area (Å²) >= 11 is 3.64. The van der Waals surface area contributed by atoms with Crippen LogP contribution in [0.2, 0.25) is 0 Å². The molecule has 0 aromatic heterocycles. The smallest absolute Gasteiger partial charge is 0.0348 e. The van der Waals surface area contributed by atoms with Crippen LogP contribution in [0.1, 0.15) is 57.1 Å². The largest absolute Gasteiger partial charge is 0.382 e. The summed E-state index contributed by atoms with van der Waals surface area (Å²) in [5.41, 5.74) is 4.44. The standard InChI is InChI=1S/C17H26BrN/c1-12-10-15(11-13(2)16(12)18)19-14-6-5-8-17(3,4)9-7-14/h10-11,14,19H,5-9H2,1-4H3. The van der Waals surface area contributed by atoms with Gasteiger partial charge in [-0.25, -0.2) is 0 Å². The summed E-state index contributed by atoms with van der Waals surface area (Å²) in [5.74, 6) is 0. The third-order valence-corrected chi connectivity index (χ3v) is 5.63. The topological polar surface area (TPSA) is 12.0 Å². The van der Waals surface area contributed by atoms with Gasteiger partial charge in [-0.15, -0.1) is 0 Å². The molecule has 0 spiro atoms. The van der Waals surface area contributed by atoms with Crippen molar-refractivity contribution < 1.29 is 0 Å². The van der Waals surface area contributed by atoms with Crippen LogP contribution in [0, 0.1) is 19.3 Å². The zero-order valence-electron chi connectivity index (χ0n) is 12.6. The lowest BCUT2D eigenvalue weighted by Gasteiger charge is -2.22. The van der Waals surface area contributed by atoms with Gasteiger partial charge in [0.2, 0.25) is 0 Å². The van der Waals surface area contributed by atoms with E-state index in [2.05, 4.69) is 61.1 Å². The van der Waals surface area contributed by atoms with E-state index in [0.29, 0.717) is 11.5 Å². The van der Waals surface area contributed by atoms with E-state index in [1.54, 1.807) is 0 Å². The number of anilines is 1. The predicted octanol–water partition coefficient (Wildman–Crippen LogP) is 5.84. The second-order valence-corrected chi connectivity index (χ2v) is 7.65. The van der Waals surface area contributed by atoms with E-state index in [-0.39, 0.29) is 0 Å². The minimum Gasteiger partial charge on any atom is -0.382 e. The van der Waals surface area contributed by atoms with E-state index in [1.165, 1.54) is 53.4 Å².